The highest BCUT2D eigenvalue weighted by atomic mass is 19.4. The lowest BCUT2D eigenvalue weighted by Gasteiger charge is -2.17. The molecule has 212 valence electrons. The van der Waals surface area contributed by atoms with Crippen molar-refractivity contribution in [3.05, 3.63) is 113 Å². The maximum atomic E-state index is 13.4. The lowest BCUT2D eigenvalue weighted by Crippen LogP contribution is -2.42. The van der Waals surface area contributed by atoms with Gasteiger partial charge in [-0.05, 0) is 58.1 Å². The van der Waals surface area contributed by atoms with Gasteiger partial charge in [0.2, 0.25) is 0 Å². The summed E-state index contributed by atoms with van der Waals surface area (Å²) < 4.78 is 79.5. The molecule has 0 aliphatic carbocycles. The van der Waals surface area contributed by atoms with Gasteiger partial charge < -0.3 is 15.5 Å². The zero-order valence-electron chi connectivity index (χ0n) is 20.9. The Bertz CT molecular complexity index is 1580. The van der Waals surface area contributed by atoms with Crippen molar-refractivity contribution in [1.29, 1.82) is 0 Å². The minimum Gasteiger partial charge on any atom is -0.507 e. The monoisotopic (exact) mass is 573 g/mol. The zero-order valence-corrected chi connectivity index (χ0v) is 20.9. The van der Waals surface area contributed by atoms with Crippen molar-refractivity contribution in [2.45, 2.75) is 24.8 Å². The van der Waals surface area contributed by atoms with Crippen LogP contribution in [0.2, 0.25) is 0 Å². The molecule has 0 aliphatic rings. The summed E-state index contributed by atoms with van der Waals surface area (Å²) in [5.41, 5.74) is -1.18. The Morgan fingerprint density at radius 1 is 0.732 bits per heavy atom. The lowest BCUT2D eigenvalue weighted by atomic mass is 9.96. The minimum absolute atomic E-state index is 0.0502. The lowest BCUT2D eigenvalue weighted by molar-refractivity contribution is -0.139. The summed E-state index contributed by atoms with van der Waals surface area (Å²) >= 11 is 0. The highest BCUT2D eigenvalue weighted by molar-refractivity contribution is 6.00. The van der Waals surface area contributed by atoms with Gasteiger partial charge >= 0.3 is 18.3 Å². The molecule has 1 amide bonds. The molecule has 0 fully saturated rings. The number of hydrogen-bond donors (Lipinski definition) is 3. The topological polar surface area (TPSA) is 86.6 Å². The van der Waals surface area contributed by atoms with E-state index >= 15 is 0 Å². The van der Waals surface area contributed by atoms with Gasteiger partial charge in [-0.3, -0.25) is 4.79 Å². The number of halogens is 6. The number of amides is 1. The van der Waals surface area contributed by atoms with Gasteiger partial charge in [-0.2, -0.15) is 26.3 Å². The first-order valence-electron chi connectivity index (χ1n) is 12.0. The molecule has 4 aromatic carbocycles. The van der Waals surface area contributed by atoms with Gasteiger partial charge in [0.25, 0.3) is 5.91 Å². The van der Waals surface area contributed by atoms with E-state index in [1.54, 1.807) is 0 Å². The van der Waals surface area contributed by atoms with Crippen molar-refractivity contribution in [2.24, 2.45) is 0 Å². The summed E-state index contributed by atoms with van der Waals surface area (Å²) in [6.45, 7) is 0. The zero-order chi connectivity index (χ0) is 29.9. The molecule has 4 rings (SSSR count). The van der Waals surface area contributed by atoms with Crippen LogP contribution in [-0.4, -0.2) is 28.1 Å². The van der Waals surface area contributed by atoms with Crippen molar-refractivity contribution in [3.8, 4) is 28.0 Å². The fourth-order valence-electron chi connectivity index (χ4n) is 4.25. The second-order valence-electron chi connectivity index (χ2n) is 9.12. The van der Waals surface area contributed by atoms with Crippen LogP contribution < -0.4 is 5.32 Å². The summed E-state index contributed by atoms with van der Waals surface area (Å²) in [7, 11) is 0. The van der Waals surface area contributed by atoms with Crippen molar-refractivity contribution >= 4 is 11.9 Å². The summed E-state index contributed by atoms with van der Waals surface area (Å²) in [6.07, 6.45) is -9.41. The Morgan fingerprint density at radius 3 is 2.00 bits per heavy atom. The van der Waals surface area contributed by atoms with Crippen molar-refractivity contribution in [2.75, 3.05) is 0 Å². The molecule has 11 heteroatoms. The van der Waals surface area contributed by atoms with Gasteiger partial charge in [0, 0.05) is 6.42 Å². The molecule has 0 spiro atoms. The van der Waals surface area contributed by atoms with Crippen LogP contribution in [0.15, 0.2) is 91.0 Å². The number of aliphatic carboxylic acids is 1. The van der Waals surface area contributed by atoms with Crippen molar-refractivity contribution in [3.63, 3.8) is 0 Å². The fourth-order valence-corrected chi connectivity index (χ4v) is 4.25. The third-order valence-corrected chi connectivity index (χ3v) is 6.31. The number of hydrogen-bond acceptors (Lipinski definition) is 3. The van der Waals surface area contributed by atoms with E-state index in [2.05, 4.69) is 5.32 Å². The maximum absolute atomic E-state index is 13.4. The molecule has 1 atom stereocenters. The first-order chi connectivity index (χ1) is 19.2. The van der Waals surface area contributed by atoms with Crippen molar-refractivity contribution < 1.29 is 46.1 Å². The van der Waals surface area contributed by atoms with Crippen LogP contribution in [0.1, 0.15) is 27.0 Å². The first-order valence-corrected chi connectivity index (χ1v) is 12.0. The van der Waals surface area contributed by atoms with Gasteiger partial charge in [0.05, 0.1) is 16.7 Å². The number of benzene rings is 4. The standard InChI is InChI=1S/C30H21F6NO4/c31-29(32,33)21-5-3-4-19(15-21)20-12-13-26(38)23(16-20)27(39)37-25(28(40)41)14-17-8-10-18(11-9-17)22-6-1-2-7-24(22)30(34,35)36/h1-13,15-16,25,38H,14H2,(H,37,39)(H,40,41)/t25-/m0/s1. The van der Waals surface area contributed by atoms with E-state index in [1.165, 1.54) is 60.7 Å². The van der Waals surface area contributed by atoms with E-state index in [9.17, 15) is 46.1 Å². The molecule has 3 N–H and O–H groups in total. The van der Waals surface area contributed by atoms with E-state index in [1.807, 2.05) is 0 Å². The average molecular weight is 573 g/mol. The Kier molecular flexibility index (Phi) is 8.09. The van der Waals surface area contributed by atoms with E-state index < -0.39 is 47.1 Å². The van der Waals surface area contributed by atoms with Crippen LogP contribution >= 0.6 is 0 Å². The van der Waals surface area contributed by atoms with Gasteiger partial charge in [0.1, 0.15) is 11.8 Å². The number of carbonyl (C=O) groups is 2. The molecule has 0 saturated heterocycles. The minimum atomic E-state index is -4.60. The molecule has 0 aromatic heterocycles. The molecular formula is C30H21F6NO4. The van der Waals surface area contributed by atoms with Gasteiger partial charge in [-0.1, -0.05) is 60.7 Å². The van der Waals surface area contributed by atoms with Gasteiger partial charge in [-0.25, -0.2) is 4.79 Å². The highest BCUT2D eigenvalue weighted by Crippen LogP contribution is 2.37. The molecule has 0 radical (unpaired) electrons. The molecule has 41 heavy (non-hydrogen) atoms. The van der Waals surface area contributed by atoms with Crippen LogP contribution in [0.3, 0.4) is 0 Å². The average Bonchev–Trinajstić information content (AvgIpc) is 2.92. The van der Waals surface area contributed by atoms with Crippen molar-refractivity contribution in [1.82, 2.24) is 5.32 Å². The summed E-state index contributed by atoms with van der Waals surface area (Å²) in [4.78, 5) is 24.8. The van der Waals surface area contributed by atoms with E-state index in [0.29, 0.717) is 5.56 Å². The van der Waals surface area contributed by atoms with Gasteiger partial charge in [0.15, 0.2) is 0 Å². The second kappa shape index (κ2) is 11.4. The molecule has 0 unspecified atom stereocenters. The molecule has 0 heterocycles. The molecule has 4 aromatic rings. The molecule has 0 saturated carbocycles. The Morgan fingerprint density at radius 2 is 1.37 bits per heavy atom. The number of phenolic OH excluding ortho intramolecular Hbond substituents is 1. The third-order valence-electron chi connectivity index (χ3n) is 6.31. The van der Waals surface area contributed by atoms with E-state index in [4.69, 9.17) is 0 Å². The number of carbonyl (C=O) groups excluding carboxylic acids is 1. The fraction of sp³-hybridized carbons (Fsp3) is 0.133. The van der Waals surface area contributed by atoms with Crippen LogP contribution in [0.5, 0.6) is 5.75 Å². The first kappa shape index (κ1) is 29.2. The van der Waals surface area contributed by atoms with E-state index in [0.717, 1.165) is 30.3 Å². The number of phenols is 1. The summed E-state index contributed by atoms with van der Waals surface area (Å²) in [6, 6.07) is 17.1. The van der Waals surface area contributed by atoms with E-state index in [-0.39, 0.29) is 34.2 Å². The molecule has 0 aliphatic heterocycles. The number of rotatable bonds is 7. The Labute approximate surface area is 229 Å². The molecule has 5 nitrogen and oxygen atoms in total. The smallest absolute Gasteiger partial charge is 0.417 e. The summed E-state index contributed by atoms with van der Waals surface area (Å²) in [5.74, 6) is -2.92. The maximum Gasteiger partial charge on any atom is 0.417 e. The normalized spacial score (nSPS) is 12.5. The number of aromatic hydroxyl groups is 1. The van der Waals surface area contributed by atoms with Crippen LogP contribution in [0.25, 0.3) is 22.3 Å². The van der Waals surface area contributed by atoms with Crippen LogP contribution in [0.4, 0.5) is 26.3 Å². The number of nitrogens with one attached hydrogen (secondary N) is 1. The third kappa shape index (κ3) is 6.86. The number of alkyl halides is 6. The predicted octanol–water partition coefficient (Wildman–Crippen LogP) is 7.19. The Balaban J connectivity index is 1.54. The Hall–Kier alpha value is -4.80. The highest BCUT2D eigenvalue weighted by Gasteiger charge is 2.33. The number of carboxylic acids is 1. The SMILES string of the molecule is O=C(N[C@@H](Cc1ccc(-c2ccccc2C(F)(F)F)cc1)C(=O)O)c1cc(-c2cccc(C(F)(F)F)c2)ccc1O. The predicted molar refractivity (Wildman–Crippen MR) is 138 cm³/mol. The van der Waals surface area contributed by atoms with Crippen LogP contribution in [0, 0.1) is 0 Å². The second-order valence-corrected chi connectivity index (χ2v) is 9.12. The van der Waals surface area contributed by atoms with Gasteiger partial charge in [-0.15, -0.1) is 0 Å². The summed E-state index contributed by atoms with van der Waals surface area (Å²) in [5, 5.41) is 22.2. The number of carboxylic acid groups (broad SMARTS) is 1. The molecular weight excluding hydrogens is 552 g/mol. The van der Waals surface area contributed by atoms with Crippen LogP contribution in [-0.2, 0) is 23.6 Å². The quantitative estimate of drug-likeness (QED) is 0.204. The largest absolute Gasteiger partial charge is 0.507 e. The molecule has 0 bridgehead atoms.